The average Bonchev–Trinajstić information content (AvgIpc) is 3.21. The van der Waals surface area contributed by atoms with Crippen LogP contribution in [-0.4, -0.2) is 63.1 Å². The highest BCUT2D eigenvalue weighted by atomic mass is 127. The van der Waals surface area contributed by atoms with E-state index in [2.05, 4.69) is 63.6 Å². The van der Waals surface area contributed by atoms with Crippen molar-refractivity contribution in [3.63, 3.8) is 0 Å². The third-order valence-electron chi connectivity index (χ3n) is 5.65. The zero-order valence-corrected chi connectivity index (χ0v) is 20.7. The minimum atomic E-state index is 0. The number of ether oxygens (including phenoxy) is 1. The van der Waals surface area contributed by atoms with Gasteiger partial charge in [-0.1, -0.05) is 48.5 Å². The first-order valence-corrected chi connectivity index (χ1v) is 10.5. The fraction of sp³-hybridized carbons (Fsp3) is 0.458. The van der Waals surface area contributed by atoms with E-state index in [1.165, 1.54) is 18.5 Å². The van der Waals surface area contributed by atoms with Crippen molar-refractivity contribution in [2.45, 2.75) is 19.4 Å². The molecule has 30 heavy (non-hydrogen) atoms. The SMILES string of the molecule is CN=C(NCC1CCN(CCc2ccccc2)C1)N(C)Cc1ccccc1OC.I. The fourth-order valence-corrected chi connectivity index (χ4v) is 4.00. The van der Waals surface area contributed by atoms with Crippen molar-refractivity contribution < 1.29 is 4.74 Å². The van der Waals surface area contributed by atoms with Gasteiger partial charge in [-0.2, -0.15) is 0 Å². The Morgan fingerprint density at radius 2 is 1.90 bits per heavy atom. The molecule has 0 aromatic heterocycles. The van der Waals surface area contributed by atoms with Crippen molar-refractivity contribution in [2.24, 2.45) is 10.9 Å². The summed E-state index contributed by atoms with van der Waals surface area (Å²) in [4.78, 5) is 9.21. The van der Waals surface area contributed by atoms with Gasteiger partial charge in [-0.15, -0.1) is 24.0 Å². The van der Waals surface area contributed by atoms with Gasteiger partial charge in [0.1, 0.15) is 5.75 Å². The molecule has 1 aliphatic rings. The Hall–Kier alpha value is -1.80. The van der Waals surface area contributed by atoms with Gasteiger partial charge in [0, 0.05) is 45.8 Å². The maximum Gasteiger partial charge on any atom is 0.193 e. The second kappa shape index (κ2) is 12.8. The van der Waals surface area contributed by atoms with Crippen LogP contribution in [0.1, 0.15) is 17.5 Å². The maximum absolute atomic E-state index is 5.48. The van der Waals surface area contributed by atoms with Crippen molar-refractivity contribution >= 4 is 29.9 Å². The van der Waals surface area contributed by atoms with Crippen LogP contribution in [0.2, 0.25) is 0 Å². The zero-order valence-electron chi connectivity index (χ0n) is 18.4. The summed E-state index contributed by atoms with van der Waals surface area (Å²) in [5.41, 5.74) is 2.58. The molecule has 0 spiro atoms. The van der Waals surface area contributed by atoms with E-state index >= 15 is 0 Å². The molecule has 0 aliphatic carbocycles. The van der Waals surface area contributed by atoms with Gasteiger partial charge in [-0.3, -0.25) is 4.99 Å². The molecule has 3 rings (SSSR count). The molecule has 2 aromatic rings. The van der Waals surface area contributed by atoms with Crippen molar-refractivity contribution in [1.82, 2.24) is 15.1 Å². The van der Waals surface area contributed by atoms with Crippen LogP contribution in [0.15, 0.2) is 59.6 Å². The number of benzene rings is 2. The quantitative estimate of drug-likeness (QED) is 0.325. The van der Waals surface area contributed by atoms with E-state index in [0.29, 0.717) is 5.92 Å². The number of para-hydroxylation sites is 1. The van der Waals surface area contributed by atoms with E-state index in [1.54, 1.807) is 7.11 Å². The number of halogens is 1. The monoisotopic (exact) mass is 522 g/mol. The number of nitrogens with one attached hydrogen (secondary N) is 1. The normalized spacial score (nSPS) is 16.8. The highest BCUT2D eigenvalue weighted by molar-refractivity contribution is 14.0. The zero-order chi connectivity index (χ0) is 20.5. The topological polar surface area (TPSA) is 40.1 Å². The first-order valence-electron chi connectivity index (χ1n) is 10.5. The lowest BCUT2D eigenvalue weighted by molar-refractivity contribution is 0.327. The van der Waals surface area contributed by atoms with Gasteiger partial charge in [0.2, 0.25) is 0 Å². The molecule has 1 aliphatic heterocycles. The highest BCUT2D eigenvalue weighted by Gasteiger charge is 2.22. The van der Waals surface area contributed by atoms with Gasteiger partial charge in [0.25, 0.3) is 0 Å². The molecule has 1 fully saturated rings. The standard InChI is InChI=1S/C24H34N4O.HI/c1-25-24(27(2)19-22-11-7-8-12-23(22)29-3)26-17-21-14-16-28(18-21)15-13-20-9-5-4-6-10-20;/h4-12,21H,13-19H2,1-3H3,(H,25,26);1H. The van der Waals surface area contributed by atoms with Gasteiger partial charge < -0.3 is 19.9 Å². The molecule has 5 nitrogen and oxygen atoms in total. The summed E-state index contributed by atoms with van der Waals surface area (Å²) in [6.07, 6.45) is 2.37. The molecule has 1 unspecified atom stereocenters. The number of hydrogen-bond acceptors (Lipinski definition) is 3. The molecule has 1 saturated heterocycles. The summed E-state index contributed by atoms with van der Waals surface area (Å²) in [6.45, 7) is 5.22. The minimum Gasteiger partial charge on any atom is -0.496 e. The summed E-state index contributed by atoms with van der Waals surface area (Å²) in [6, 6.07) is 18.9. The van der Waals surface area contributed by atoms with Crippen LogP contribution in [0.3, 0.4) is 0 Å². The second-order valence-corrected chi connectivity index (χ2v) is 7.79. The number of nitrogens with zero attached hydrogens (tertiary/aromatic N) is 3. The van der Waals surface area contributed by atoms with Crippen molar-refractivity contribution in [1.29, 1.82) is 0 Å². The summed E-state index contributed by atoms with van der Waals surface area (Å²) in [5, 5.41) is 3.57. The van der Waals surface area contributed by atoms with E-state index in [1.807, 2.05) is 25.2 Å². The Kier molecular flexibility index (Phi) is 10.4. The van der Waals surface area contributed by atoms with Crippen molar-refractivity contribution in [3.05, 3.63) is 65.7 Å². The van der Waals surface area contributed by atoms with Gasteiger partial charge in [-0.25, -0.2) is 0 Å². The first kappa shape index (κ1) is 24.5. The van der Waals surface area contributed by atoms with Crippen LogP contribution >= 0.6 is 24.0 Å². The lowest BCUT2D eigenvalue weighted by Gasteiger charge is -2.24. The summed E-state index contributed by atoms with van der Waals surface area (Å²) >= 11 is 0. The largest absolute Gasteiger partial charge is 0.496 e. The minimum absolute atomic E-state index is 0. The smallest absolute Gasteiger partial charge is 0.193 e. The van der Waals surface area contributed by atoms with Crippen LogP contribution < -0.4 is 10.1 Å². The summed E-state index contributed by atoms with van der Waals surface area (Å²) < 4.78 is 5.48. The molecule has 1 N–H and O–H groups in total. The van der Waals surface area contributed by atoms with Gasteiger partial charge in [0.15, 0.2) is 5.96 Å². The van der Waals surface area contributed by atoms with E-state index in [4.69, 9.17) is 4.74 Å². The Bertz CT molecular complexity index is 784. The molecular formula is C24H35IN4O. The van der Waals surface area contributed by atoms with Gasteiger partial charge in [0.05, 0.1) is 7.11 Å². The van der Waals surface area contributed by atoms with E-state index in [-0.39, 0.29) is 24.0 Å². The van der Waals surface area contributed by atoms with Crippen molar-refractivity contribution in [3.8, 4) is 5.75 Å². The number of hydrogen-bond donors (Lipinski definition) is 1. The summed E-state index contributed by atoms with van der Waals surface area (Å²) in [5.74, 6) is 2.51. The number of methoxy groups -OCH3 is 1. The first-order chi connectivity index (χ1) is 14.2. The Morgan fingerprint density at radius 1 is 1.17 bits per heavy atom. The predicted octanol–water partition coefficient (Wildman–Crippen LogP) is 3.89. The molecule has 0 saturated carbocycles. The molecular weight excluding hydrogens is 487 g/mol. The second-order valence-electron chi connectivity index (χ2n) is 7.79. The molecule has 0 bridgehead atoms. The average molecular weight is 522 g/mol. The summed E-state index contributed by atoms with van der Waals surface area (Å²) in [7, 11) is 5.64. The molecule has 0 amide bonds. The van der Waals surface area contributed by atoms with Crippen LogP contribution in [0, 0.1) is 5.92 Å². The fourth-order valence-electron chi connectivity index (χ4n) is 4.00. The van der Waals surface area contributed by atoms with Gasteiger partial charge in [-0.05, 0) is 36.9 Å². The van der Waals surface area contributed by atoms with Crippen LogP contribution in [0.25, 0.3) is 0 Å². The van der Waals surface area contributed by atoms with Crippen molar-refractivity contribution in [2.75, 3.05) is 47.4 Å². The predicted molar refractivity (Wildman–Crippen MR) is 136 cm³/mol. The molecule has 6 heteroatoms. The highest BCUT2D eigenvalue weighted by Crippen LogP contribution is 2.19. The molecule has 0 radical (unpaired) electrons. The number of guanidine groups is 1. The van der Waals surface area contributed by atoms with Gasteiger partial charge >= 0.3 is 0 Å². The van der Waals surface area contributed by atoms with Crippen LogP contribution in [0.4, 0.5) is 0 Å². The molecule has 1 heterocycles. The lowest BCUT2D eigenvalue weighted by Crippen LogP contribution is -2.41. The van der Waals surface area contributed by atoms with E-state index < -0.39 is 0 Å². The number of aliphatic imine (C=N–C) groups is 1. The maximum atomic E-state index is 5.48. The van der Waals surface area contributed by atoms with E-state index in [0.717, 1.165) is 49.9 Å². The lowest BCUT2D eigenvalue weighted by atomic mass is 10.1. The number of rotatable bonds is 8. The number of likely N-dealkylation sites (tertiary alicyclic amines) is 1. The van der Waals surface area contributed by atoms with E-state index in [9.17, 15) is 0 Å². The molecule has 2 aromatic carbocycles. The molecule has 164 valence electrons. The third kappa shape index (κ3) is 7.16. The Balaban J connectivity index is 0.00000320. The third-order valence-corrected chi connectivity index (χ3v) is 5.65. The Morgan fingerprint density at radius 3 is 2.63 bits per heavy atom. The Labute approximate surface area is 198 Å². The molecule has 1 atom stereocenters. The van der Waals surface area contributed by atoms with Crippen LogP contribution in [0.5, 0.6) is 5.75 Å². The van der Waals surface area contributed by atoms with Crippen LogP contribution in [-0.2, 0) is 13.0 Å².